The van der Waals surface area contributed by atoms with E-state index in [0.29, 0.717) is 0 Å². The van der Waals surface area contributed by atoms with E-state index in [2.05, 4.69) is 0 Å². The van der Waals surface area contributed by atoms with Gasteiger partial charge in [-0.25, -0.2) is 4.79 Å². The lowest BCUT2D eigenvalue weighted by Gasteiger charge is -2.39. The van der Waals surface area contributed by atoms with Gasteiger partial charge in [-0.1, -0.05) is 0 Å². The lowest BCUT2D eigenvalue weighted by atomic mass is 9.99. The van der Waals surface area contributed by atoms with E-state index in [1.807, 2.05) is 0 Å². The van der Waals surface area contributed by atoms with Crippen molar-refractivity contribution < 1.29 is 64.3 Å². The molecule has 0 saturated carbocycles. The Morgan fingerprint density at radius 1 is 0.833 bits per heavy atom. The fourth-order valence-electron chi connectivity index (χ4n) is 4.33. The number of phenolic OH excluding ortho intramolecular Hbond substituents is 4. The summed E-state index contributed by atoms with van der Waals surface area (Å²) in [5, 5.41) is 79.6. The van der Waals surface area contributed by atoms with Crippen LogP contribution < -0.4 is 14.9 Å². The van der Waals surface area contributed by atoms with Crippen LogP contribution in [0.25, 0.3) is 22.3 Å². The van der Waals surface area contributed by atoms with Crippen LogP contribution in [0.2, 0.25) is 0 Å². The molecule has 0 amide bonds. The van der Waals surface area contributed by atoms with Gasteiger partial charge in [0.2, 0.25) is 17.5 Å². The molecule has 220 valence electrons. The Morgan fingerprint density at radius 2 is 1.55 bits per heavy atom. The SMILES string of the molecule is O=C(Oc1cc(O)cc2oc(-c3ccc(O)c(O)c3)c(O[C@H]3O[C@H](CO)[C@H](O)[C@H](O)[C@H]3O)c(=O)c12)c1ccc(O)cc1. The highest BCUT2D eigenvalue weighted by Crippen LogP contribution is 2.40. The zero-order chi connectivity index (χ0) is 30.3. The fourth-order valence-corrected chi connectivity index (χ4v) is 4.33. The van der Waals surface area contributed by atoms with Crippen molar-refractivity contribution >= 4 is 16.9 Å². The van der Waals surface area contributed by atoms with Gasteiger partial charge >= 0.3 is 5.97 Å². The van der Waals surface area contributed by atoms with E-state index in [1.165, 1.54) is 30.3 Å². The normalized spacial score (nSPS) is 22.1. The Hall–Kier alpha value is -4.86. The quantitative estimate of drug-likeness (QED) is 0.0884. The Balaban J connectivity index is 1.68. The van der Waals surface area contributed by atoms with E-state index < -0.39 is 88.6 Å². The molecular formula is C28H24O14. The third-order valence-electron chi connectivity index (χ3n) is 6.53. The molecule has 42 heavy (non-hydrogen) atoms. The molecule has 8 N–H and O–H groups in total. The first-order chi connectivity index (χ1) is 20.0. The highest BCUT2D eigenvalue weighted by Gasteiger charge is 2.45. The van der Waals surface area contributed by atoms with Gasteiger partial charge in [0.15, 0.2) is 17.3 Å². The van der Waals surface area contributed by atoms with Crippen LogP contribution in [0, 0.1) is 0 Å². The molecule has 1 aliphatic rings. The number of carbonyl (C=O) groups excluding carboxylic acids is 1. The third kappa shape index (κ3) is 5.27. The zero-order valence-corrected chi connectivity index (χ0v) is 21.3. The summed E-state index contributed by atoms with van der Waals surface area (Å²) in [6, 6.07) is 10.3. The summed E-state index contributed by atoms with van der Waals surface area (Å²) >= 11 is 0. The summed E-state index contributed by atoms with van der Waals surface area (Å²) in [5.74, 6) is -4.21. The Kier molecular flexibility index (Phi) is 7.64. The van der Waals surface area contributed by atoms with Crippen molar-refractivity contribution in [3.8, 4) is 45.8 Å². The number of phenols is 4. The number of esters is 1. The number of fused-ring (bicyclic) bond motifs is 1. The molecule has 4 aromatic rings. The highest BCUT2D eigenvalue weighted by atomic mass is 16.7. The first kappa shape index (κ1) is 28.7. The maximum atomic E-state index is 13.9. The van der Waals surface area contributed by atoms with E-state index in [1.54, 1.807) is 0 Å². The molecule has 1 fully saturated rings. The molecule has 1 saturated heterocycles. The second-order valence-electron chi connectivity index (χ2n) is 9.36. The van der Waals surface area contributed by atoms with E-state index in [4.69, 9.17) is 18.6 Å². The number of rotatable bonds is 6. The van der Waals surface area contributed by atoms with Gasteiger partial charge in [0.1, 0.15) is 52.6 Å². The second kappa shape index (κ2) is 11.2. The van der Waals surface area contributed by atoms with Gasteiger partial charge in [0.25, 0.3) is 0 Å². The Labute approximate surface area is 235 Å². The summed E-state index contributed by atoms with van der Waals surface area (Å²) in [6.07, 6.45) is -8.73. The number of benzene rings is 3. The molecule has 0 spiro atoms. The monoisotopic (exact) mass is 584 g/mol. The molecule has 0 aliphatic carbocycles. The molecule has 3 aromatic carbocycles. The van der Waals surface area contributed by atoms with Crippen molar-refractivity contribution in [3.05, 3.63) is 70.4 Å². The molecule has 5 rings (SSSR count). The molecule has 0 bridgehead atoms. The van der Waals surface area contributed by atoms with Crippen LogP contribution in [0.3, 0.4) is 0 Å². The minimum Gasteiger partial charge on any atom is -0.508 e. The van der Waals surface area contributed by atoms with E-state index in [9.17, 15) is 50.4 Å². The first-order valence-electron chi connectivity index (χ1n) is 12.3. The van der Waals surface area contributed by atoms with Crippen molar-refractivity contribution in [3.63, 3.8) is 0 Å². The van der Waals surface area contributed by atoms with E-state index in [-0.39, 0.29) is 22.5 Å². The van der Waals surface area contributed by atoms with E-state index >= 15 is 0 Å². The van der Waals surface area contributed by atoms with Crippen molar-refractivity contribution in [2.24, 2.45) is 0 Å². The van der Waals surface area contributed by atoms with Crippen molar-refractivity contribution in [1.82, 2.24) is 0 Å². The average Bonchev–Trinajstić information content (AvgIpc) is 2.95. The van der Waals surface area contributed by atoms with Gasteiger partial charge in [-0.3, -0.25) is 4.79 Å². The van der Waals surface area contributed by atoms with Crippen LogP contribution in [-0.4, -0.2) is 84.1 Å². The van der Waals surface area contributed by atoms with Crippen LogP contribution in [0.15, 0.2) is 63.8 Å². The molecule has 1 aliphatic heterocycles. The molecule has 0 radical (unpaired) electrons. The Bertz CT molecular complexity index is 1690. The number of ether oxygens (including phenoxy) is 3. The zero-order valence-electron chi connectivity index (χ0n) is 21.3. The summed E-state index contributed by atoms with van der Waals surface area (Å²) in [4.78, 5) is 26.7. The minimum atomic E-state index is -1.93. The summed E-state index contributed by atoms with van der Waals surface area (Å²) in [5.41, 5.74) is -1.38. The highest BCUT2D eigenvalue weighted by molar-refractivity contribution is 5.95. The largest absolute Gasteiger partial charge is 0.508 e. The van der Waals surface area contributed by atoms with Gasteiger partial charge < -0.3 is 59.5 Å². The number of carbonyl (C=O) groups is 1. The van der Waals surface area contributed by atoms with Crippen molar-refractivity contribution in [2.45, 2.75) is 30.7 Å². The standard InChI is InChI=1S/C28H24O14/c29-10-19-21(34)23(36)24(37)28(41-19)42-26-22(35)20-17(39-25(26)12-3-6-15(32)16(33)7-12)8-14(31)9-18(20)40-27(38)11-1-4-13(30)5-2-11/h1-9,19,21,23-24,28-34,36-37H,10H2/t19-,21+,23+,24-,28-/m1/s1. The topological polar surface area (TPSA) is 237 Å². The molecule has 1 aromatic heterocycles. The lowest BCUT2D eigenvalue weighted by molar-refractivity contribution is -0.277. The number of aliphatic hydroxyl groups is 4. The molecule has 0 unspecified atom stereocenters. The molecule has 14 nitrogen and oxygen atoms in total. The van der Waals surface area contributed by atoms with Crippen LogP contribution >= 0.6 is 0 Å². The minimum absolute atomic E-state index is 0.0114. The molecule has 5 atom stereocenters. The van der Waals surface area contributed by atoms with Gasteiger partial charge in [0, 0.05) is 17.7 Å². The summed E-state index contributed by atoms with van der Waals surface area (Å²) in [7, 11) is 0. The van der Waals surface area contributed by atoms with Gasteiger partial charge in [-0.05, 0) is 42.5 Å². The number of hydrogen-bond donors (Lipinski definition) is 8. The maximum absolute atomic E-state index is 13.9. The van der Waals surface area contributed by atoms with Crippen LogP contribution in [0.5, 0.6) is 34.5 Å². The number of hydrogen-bond acceptors (Lipinski definition) is 14. The first-order valence-corrected chi connectivity index (χ1v) is 12.3. The van der Waals surface area contributed by atoms with Gasteiger partial charge in [-0.15, -0.1) is 0 Å². The number of aromatic hydroxyl groups is 4. The van der Waals surface area contributed by atoms with Crippen molar-refractivity contribution in [1.29, 1.82) is 0 Å². The van der Waals surface area contributed by atoms with E-state index in [0.717, 1.165) is 24.3 Å². The number of aliphatic hydroxyl groups excluding tert-OH is 4. The van der Waals surface area contributed by atoms with Crippen molar-refractivity contribution in [2.75, 3.05) is 6.61 Å². The molecular weight excluding hydrogens is 560 g/mol. The third-order valence-corrected chi connectivity index (χ3v) is 6.53. The summed E-state index contributed by atoms with van der Waals surface area (Å²) < 4.78 is 22.3. The van der Waals surface area contributed by atoms with Crippen LogP contribution in [-0.2, 0) is 4.74 Å². The summed E-state index contributed by atoms with van der Waals surface area (Å²) in [6.45, 7) is -0.785. The smallest absolute Gasteiger partial charge is 0.343 e. The average molecular weight is 584 g/mol. The van der Waals surface area contributed by atoms with Crippen LogP contribution in [0.1, 0.15) is 10.4 Å². The molecule has 14 heteroatoms. The molecule has 2 heterocycles. The predicted molar refractivity (Wildman–Crippen MR) is 140 cm³/mol. The van der Waals surface area contributed by atoms with Crippen LogP contribution in [0.4, 0.5) is 0 Å². The Morgan fingerprint density at radius 3 is 2.21 bits per heavy atom. The lowest BCUT2D eigenvalue weighted by Crippen LogP contribution is -2.60. The maximum Gasteiger partial charge on any atom is 0.343 e. The second-order valence-corrected chi connectivity index (χ2v) is 9.36. The predicted octanol–water partition coefficient (Wildman–Crippen LogP) is 0.680. The van der Waals surface area contributed by atoms with Gasteiger partial charge in [0.05, 0.1) is 12.2 Å². The van der Waals surface area contributed by atoms with Gasteiger partial charge in [-0.2, -0.15) is 0 Å². The fraction of sp³-hybridized carbons (Fsp3) is 0.214.